The zero-order valence-corrected chi connectivity index (χ0v) is 13.6. The molecule has 21 heavy (non-hydrogen) atoms. The molecule has 0 atom stereocenters. The molecule has 0 bridgehead atoms. The lowest BCUT2D eigenvalue weighted by Crippen LogP contribution is -2.33. The van der Waals surface area contributed by atoms with Crippen LogP contribution < -0.4 is 4.74 Å². The van der Waals surface area contributed by atoms with Crippen molar-refractivity contribution in [1.82, 2.24) is 4.90 Å². The van der Waals surface area contributed by atoms with E-state index in [1.54, 1.807) is 7.11 Å². The van der Waals surface area contributed by atoms with Gasteiger partial charge in [0.2, 0.25) is 11.8 Å². The summed E-state index contributed by atoms with van der Waals surface area (Å²) in [5, 5.41) is 0. The summed E-state index contributed by atoms with van der Waals surface area (Å²) in [5.74, 6) is 0.732. The van der Waals surface area contributed by atoms with Crippen LogP contribution in [0.5, 0.6) is 5.75 Å². The van der Waals surface area contributed by atoms with Gasteiger partial charge in [-0.1, -0.05) is 18.9 Å². The smallest absolute Gasteiger partial charge is 0.236 e. The molecule has 1 spiro atoms. The second kappa shape index (κ2) is 5.44. The van der Waals surface area contributed by atoms with Crippen molar-refractivity contribution in [1.29, 1.82) is 0 Å². The number of halogens is 1. The summed E-state index contributed by atoms with van der Waals surface area (Å²) in [7, 11) is 1.61. The average molecular weight is 352 g/mol. The van der Waals surface area contributed by atoms with Gasteiger partial charge < -0.3 is 4.74 Å². The summed E-state index contributed by atoms with van der Waals surface area (Å²) in [6, 6.07) is 5.64. The van der Waals surface area contributed by atoms with E-state index in [1.807, 2.05) is 18.2 Å². The van der Waals surface area contributed by atoms with Gasteiger partial charge in [0.05, 0.1) is 23.5 Å². The summed E-state index contributed by atoms with van der Waals surface area (Å²) in [6.45, 7) is 0.349. The Hall–Kier alpha value is -1.36. The first-order chi connectivity index (χ1) is 10.1. The average Bonchev–Trinajstić information content (AvgIpc) is 3.01. The lowest BCUT2D eigenvalue weighted by molar-refractivity contribution is -0.142. The normalized spacial score (nSPS) is 20.6. The fourth-order valence-corrected chi connectivity index (χ4v) is 4.04. The van der Waals surface area contributed by atoms with Crippen molar-refractivity contribution < 1.29 is 14.3 Å². The van der Waals surface area contributed by atoms with Crippen LogP contribution in [0.4, 0.5) is 0 Å². The van der Waals surface area contributed by atoms with Crippen molar-refractivity contribution in [3.05, 3.63) is 28.2 Å². The van der Waals surface area contributed by atoms with E-state index in [-0.39, 0.29) is 17.2 Å². The largest absolute Gasteiger partial charge is 0.496 e. The van der Waals surface area contributed by atoms with E-state index in [9.17, 15) is 9.59 Å². The monoisotopic (exact) mass is 351 g/mol. The van der Waals surface area contributed by atoms with Crippen LogP contribution in [0, 0.1) is 5.41 Å². The minimum Gasteiger partial charge on any atom is -0.496 e. The maximum absolute atomic E-state index is 12.6. The highest BCUT2D eigenvalue weighted by molar-refractivity contribution is 9.10. The van der Waals surface area contributed by atoms with E-state index in [1.165, 1.54) is 4.90 Å². The molecule has 3 rings (SSSR count). The van der Waals surface area contributed by atoms with E-state index < -0.39 is 0 Å². The number of amides is 2. The second-order valence-electron chi connectivity index (χ2n) is 5.92. The van der Waals surface area contributed by atoms with Crippen molar-refractivity contribution in [2.45, 2.75) is 38.6 Å². The second-order valence-corrected chi connectivity index (χ2v) is 6.77. The number of carbonyl (C=O) groups is 2. The van der Waals surface area contributed by atoms with E-state index in [2.05, 4.69) is 15.9 Å². The highest BCUT2D eigenvalue weighted by atomic mass is 79.9. The fourth-order valence-electron chi connectivity index (χ4n) is 3.45. The van der Waals surface area contributed by atoms with Crippen LogP contribution >= 0.6 is 15.9 Å². The van der Waals surface area contributed by atoms with Crippen LogP contribution in [-0.2, 0) is 16.1 Å². The van der Waals surface area contributed by atoms with Crippen molar-refractivity contribution in [2.75, 3.05) is 7.11 Å². The summed E-state index contributed by atoms with van der Waals surface area (Å²) in [4.78, 5) is 26.3. The Bertz CT molecular complexity index is 593. The minimum atomic E-state index is -0.388. The number of likely N-dealkylation sites (tertiary alicyclic amines) is 1. The number of imide groups is 1. The number of rotatable bonds is 3. The van der Waals surface area contributed by atoms with Crippen LogP contribution in [0.25, 0.3) is 0 Å². The van der Waals surface area contributed by atoms with Crippen molar-refractivity contribution in [3.8, 4) is 5.75 Å². The Kier molecular flexibility index (Phi) is 3.78. The van der Waals surface area contributed by atoms with Gasteiger partial charge in [0.15, 0.2) is 0 Å². The van der Waals surface area contributed by atoms with E-state index in [4.69, 9.17) is 4.74 Å². The molecule has 1 aliphatic heterocycles. The van der Waals surface area contributed by atoms with Gasteiger partial charge in [0, 0.05) is 6.42 Å². The van der Waals surface area contributed by atoms with Gasteiger partial charge in [0.1, 0.15) is 5.75 Å². The molecule has 4 nitrogen and oxygen atoms in total. The van der Waals surface area contributed by atoms with Crippen LogP contribution in [0.15, 0.2) is 22.7 Å². The predicted molar refractivity (Wildman–Crippen MR) is 81.8 cm³/mol. The molecule has 1 aromatic rings. The first-order valence-corrected chi connectivity index (χ1v) is 8.02. The maximum atomic E-state index is 12.6. The molecule has 1 saturated carbocycles. The topological polar surface area (TPSA) is 46.6 Å². The van der Waals surface area contributed by atoms with E-state index >= 15 is 0 Å². The molecule has 2 fully saturated rings. The lowest BCUT2D eigenvalue weighted by atomic mass is 9.84. The summed E-state index contributed by atoms with van der Waals surface area (Å²) in [5.41, 5.74) is 0.542. The standard InChI is InChI=1S/C16H18BrNO3/c1-21-13-5-4-11(8-12(13)17)10-18-14(19)9-16(15(18)20)6-2-3-7-16/h4-5,8H,2-3,6-7,9-10H2,1H3. The molecule has 5 heteroatoms. The quantitative estimate of drug-likeness (QED) is 0.785. The van der Waals surface area contributed by atoms with Gasteiger partial charge in [-0.3, -0.25) is 14.5 Å². The molecule has 112 valence electrons. The van der Waals surface area contributed by atoms with Crippen LogP contribution in [0.3, 0.4) is 0 Å². The Morgan fingerprint density at radius 2 is 2.00 bits per heavy atom. The molecule has 2 aliphatic rings. The molecule has 0 N–H and O–H groups in total. The number of benzene rings is 1. The van der Waals surface area contributed by atoms with Gasteiger partial charge in [-0.2, -0.15) is 0 Å². The van der Waals surface area contributed by atoms with Gasteiger partial charge in [-0.05, 0) is 46.5 Å². The fraction of sp³-hybridized carbons (Fsp3) is 0.500. The molecule has 1 aromatic carbocycles. The first kappa shape index (κ1) is 14.6. The molecule has 0 radical (unpaired) electrons. The summed E-state index contributed by atoms with van der Waals surface area (Å²) < 4.78 is 6.02. The molecule has 0 unspecified atom stereocenters. The third-order valence-corrected chi connectivity index (χ3v) is 5.23. The molecule has 0 aromatic heterocycles. The molecule has 1 heterocycles. The van der Waals surface area contributed by atoms with Gasteiger partial charge >= 0.3 is 0 Å². The highest BCUT2D eigenvalue weighted by Gasteiger charge is 2.52. The number of hydrogen-bond acceptors (Lipinski definition) is 3. The Morgan fingerprint density at radius 3 is 2.62 bits per heavy atom. The number of ether oxygens (including phenoxy) is 1. The van der Waals surface area contributed by atoms with Crippen molar-refractivity contribution >= 4 is 27.7 Å². The maximum Gasteiger partial charge on any atom is 0.236 e. The van der Waals surface area contributed by atoms with Gasteiger partial charge in [-0.15, -0.1) is 0 Å². The first-order valence-electron chi connectivity index (χ1n) is 7.23. The zero-order valence-electron chi connectivity index (χ0n) is 12.0. The van der Waals surface area contributed by atoms with Crippen molar-refractivity contribution in [2.24, 2.45) is 5.41 Å². The van der Waals surface area contributed by atoms with E-state index in [0.29, 0.717) is 13.0 Å². The Morgan fingerprint density at radius 1 is 1.29 bits per heavy atom. The minimum absolute atomic E-state index is 0.0249. The summed E-state index contributed by atoms with van der Waals surface area (Å²) >= 11 is 3.43. The van der Waals surface area contributed by atoms with Crippen molar-refractivity contribution in [3.63, 3.8) is 0 Å². The van der Waals surface area contributed by atoms with Gasteiger partial charge in [0.25, 0.3) is 0 Å². The number of hydrogen-bond donors (Lipinski definition) is 0. The van der Waals surface area contributed by atoms with Crippen LogP contribution in [-0.4, -0.2) is 23.8 Å². The zero-order chi connectivity index (χ0) is 15.0. The third kappa shape index (κ3) is 2.48. The molecule has 1 saturated heterocycles. The lowest BCUT2D eigenvalue weighted by Gasteiger charge is -2.21. The number of carbonyl (C=O) groups excluding carboxylic acids is 2. The number of nitrogens with zero attached hydrogens (tertiary/aromatic N) is 1. The predicted octanol–water partition coefficient (Wildman–Crippen LogP) is 3.28. The summed E-state index contributed by atoms with van der Waals surface area (Å²) in [6.07, 6.45) is 4.23. The van der Waals surface area contributed by atoms with Crippen LogP contribution in [0.1, 0.15) is 37.7 Å². The molecule has 2 amide bonds. The SMILES string of the molecule is COc1ccc(CN2C(=O)CC3(CCCC3)C2=O)cc1Br. The molecular formula is C16H18BrNO3. The Balaban J connectivity index is 1.80. The number of methoxy groups -OCH3 is 1. The third-order valence-electron chi connectivity index (χ3n) is 4.61. The van der Waals surface area contributed by atoms with Crippen LogP contribution in [0.2, 0.25) is 0 Å². The highest BCUT2D eigenvalue weighted by Crippen LogP contribution is 2.47. The van der Waals surface area contributed by atoms with E-state index in [0.717, 1.165) is 41.5 Å². The van der Waals surface area contributed by atoms with Gasteiger partial charge in [-0.25, -0.2) is 0 Å². The molecular weight excluding hydrogens is 334 g/mol. The Labute approximate surface area is 132 Å². The molecule has 1 aliphatic carbocycles.